The fourth-order valence-corrected chi connectivity index (χ4v) is 4.10. The predicted octanol–water partition coefficient (Wildman–Crippen LogP) is 3.41. The van der Waals surface area contributed by atoms with E-state index in [0.717, 1.165) is 50.6 Å². The molecule has 2 radical (unpaired) electrons. The summed E-state index contributed by atoms with van der Waals surface area (Å²) in [6, 6.07) is 16.3. The van der Waals surface area contributed by atoms with E-state index in [2.05, 4.69) is 83.9 Å². The van der Waals surface area contributed by atoms with E-state index in [1.165, 1.54) is 22.5 Å². The maximum absolute atomic E-state index is 3.69. The molecule has 2 aromatic carbocycles. The van der Waals surface area contributed by atoms with Crippen molar-refractivity contribution >= 4 is 11.4 Å². The van der Waals surface area contributed by atoms with Gasteiger partial charge >= 0.3 is 0 Å². The van der Waals surface area contributed by atoms with Crippen LogP contribution in [-0.2, 0) is 78.5 Å². The van der Waals surface area contributed by atoms with E-state index in [0.29, 0.717) is 0 Å². The molecule has 0 fully saturated rings. The van der Waals surface area contributed by atoms with Crippen LogP contribution >= 0.6 is 0 Å². The summed E-state index contributed by atoms with van der Waals surface area (Å²) in [5.41, 5.74) is 7.51. The zero-order valence-corrected chi connectivity index (χ0v) is 23.2. The Morgan fingerprint density at radius 3 is 2.11 bits per heavy atom. The van der Waals surface area contributed by atoms with Crippen LogP contribution in [0.3, 0.4) is 0 Å². The minimum Gasteiger partial charge on any atom is -0.398 e. The zero-order chi connectivity index (χ0) is 18.3. The quantitative estimate of drug-likeness (QED) is 0.569. The maximum atomic E-state index is 3.69. The molecule has 0 saturated carbocycles. The second-order valence-electron chi connectivity index (χ2n) is 7.50. The number of hydrogen-bond donors (Lipinski definition) is 0. The number of rotatable bonds is 3. The van der Waals surface area contributed by atoms with Gasteiger partial charge in [0, 0.05) is 85.1 Å². The van der Waals surface area contributed by atoms with Crippen molar-refractivity contribution in [3.63, 3.8) is 0 Å². The molecule has 2 aliphatic rings. The molecule has 2 aliphatic heterocycles. The Balaban J connectivity index is 0.00000140. The third-order valence-corrected chi connectivity index (χ3v) is 5.41. The van der Waals surface area contributed by atoms with Crippen LogP contribution in [-0.4, -0.2) is 50.3 Å². The Hall–Kier alpha value is 0.168. The van der Waals surface area contributed by atoms with Crippen LogP contribution in [0.1, 0.15) is 25.0 Å². The van der Waals surface area contributed by atoms with Crippen molar-refractivity contribution in [3.8, 4) is 11.1 Å². The van der Waals surface area contributed by atoms with E-state index in [9.17, 15) is 0 Å². The van der Waals surface area contributed by atoms with Crippen LogP contribution in [0, 0.1) is 12.1 Å². The molecule has 4 rings (SSSR count). The van der Waals surface area contributed by atoms with E-state index < -0.39 is 0 Å². The first-order chi connectivity index (χ1) is 12.6. The van der Waals surface area contributed by atoms with Crippen LogP contribution < -0.4 is 9.80 Å². The largest absolute Gasteiger partial charge is 0.398 e. The second-order valence-corrected chi connectivity index (χ2v) is 7.50. The van der Waals surface area contributed by atoms with Crippen LogP contribution in [0.4, 0.5) is 11.4 Å². The molecule has 0 saturated heterocycles. The van der Waals surface area contributed by atoms with E-state index in [1.807, 2.05) is 0 Å². The van der Waals surface area contributed by atoms with Gasteiger partial charge in [-0.1, -0.05) is 11.3 Å². The molecule has 0 bridgehead atoms. The van der Waals surface area contributed by atoms with Gasteiger partial charge in [-0.05, 0) is 40.2 Å². The Morgan fingerprint density at radius 2 is 1.39 bits per heavy atom. The third kappa shape index (κ3) is 4.90. The molecule has 0 spiro atoms. The number of anilines is 2. The van der Waals surface area contributed by atoms with Crippen LogP contribution in [0.2, 0.25) is 0 Å². The Morgan fingerprint density at radius 1 is 0.786 bits per heavy atom. The van der Waals surface area contributed by atoms with Gasteiger partial charge in [0.15, 0.2) is 0 Å². The summed E-state index contributed by atoms with van der Waals surface area (Å²) >= 11 is 0. The number of fused-ring (bicyclic) bond motifs is 2. The molecule has 0 aliphatic carbocycles. The average Bonchev–Trinajstić information content (AvgIpc) is 2.65. The summed E-state index contributed by atoms with van der Waals surface area (Å²) in [6.07, 6.45) is 0. The minimum atomic E-state index is 0. The van der Waals surface area contributed by atoms with Gasteiger partial charge in [0.25, 0.3) is 0 Å². The molecule has 144 valence electrons. The van der Waals surface area contributed by atoms with Gasteiger partial charge in [-0.25, -0.2) is 11.1 Å². The summed E-state index contributed by atoms with van der Waals surface area (Å²) in [7, 11) is 4.35. The third-order valence-electron chi connectivity index (χ3n) is 5.41. The van der Waals surface area contributed by atoms with Crippen molar-refractivity contribution in [2.75, 3.05) is 50.3 Å². The summed E-state index contributed by atoms with van der Waals surface area (Å²) in [4.78, 5) is 9.49. The normalized spacial score (nSPS) is 16.7. The van der Waals surface area contributed by atoms with Gasteiger partial charge in [0.05, 0.1) is 13.3 Å². The molecule has 0 amide bonds. The van der Waals surface area contributed by atoms with Gasteiger partial charge in [0.1, 0.15) is 0 Å². The second kappa shape index (κ2) is 10.5. The summed E-state index contributed by atoms with van der Waals surface area (Å²) in [5, 5.41) is 0. The molecule has 0 unspecified atom stereocenters. The van der Waals surface area contributed by atoms with Crippen LogP contribution in [0.15, 0.2) is 24.3 Å². The van der Waals surface area contributed by atoms with E-state index in [4.69, 9.17) is 0 Å². The van der Waals surface area contributed by atoms with Crippen molar-refractivity contribution in [3.05, 3.63) is 47.5 Å². The first kappa shape index (κ1) is 24.4. The van der Waals surface area contributed by atoms with E-state index in [1.54, 1.807) is 0 Å². The maximum Gasteiger partial charge on any atom is 0.0684 e. The molecule has 4 nitrogen and oxygen atoms in total. The number of nitrogens with zero attached hydrogens (tertiary/aromatic N) is 4. The van der Waals surface area contributed by atoms with Gasteiger partial charge in [-0.3, -0.25) is 9.80 Å². The first-order valence-corrected chi connectivity index (χ1v) is 9.56. The predicted molar refractivity (Wildman–Crippen MR) is 108 cm³/mol. The SMILES string of the molecule is CCN1CN(C)Cc2ccc(-c3[c-]c4c(cc3)N(CC)CN(C)C4)[c-]c21.[Y].[Y]. The van der Waals surface area contributed by atoms with E-state index >= 15 is 0 Å². The molecule has 2 heterocycles. The fourth-order valence-electron chi connectivity index (χ4n) is 4.10. The van der Waals surface area contributed by atoms with Gasteiger partial charge < -0.3 is 9.80 Å². The van der Waals surface area contributed by atoms with Gasteiger partial charge in [0.2, 0.25) is 0 Å². The van der Waals surface area contributed by atoms with Crippen molar-refractivity contribution < 1.29 is 65.4 Å². The molecule has 6 heteroatoms. The van der Waals surface area contributed by atoms with Crippen molar-refractivity contribution in [1.82, 2.24) is 9.80 Å². The topological polar surface area (TPSA) is 13.0 Å². The van der Waals surface area contributed by atoms with Crippen LogP contribution in [0.25, 0.3) is 11.1 Å². The molecule has 28 heavy (non-hydrogen) atoms. The molecular formula is C22H28N4Y2-2. The van der Waals surface area contributed by atoms with Crippen molar-refractivity contribution in [2.24, 2.45) is 0 Å². The van der Waals surface area contributed by atoms with Gasteiger partial charge in [-0.2, -0.15) is 24.3 Å². The first-order valence-electron chi connectivity index (χ1n) is 9.56. The zero-order valence-electron chi connectivity index (χ0n) is 17.5. The number of benzene rings is 2. The van der Waals surface area contributed by atoms with E-state index in [-0.39, 0.29) is 65.4 Å². The Labute approximate surface area is 220 Å². The van der Waals surface area contributed by atoms with Crippen molar-refractivity contribution in [1.29, 1.82) is 0 Å². The minimum absolute atomic E-state index is 0. The summed E-state index contributed by atoms with van der Waals surface area (Å²) in [5.74, 6) is 0. The summed E-state index contributed by atoms with van der Waals surface area (Å²) in [6.45, 7) is 10.3. The fraction of sp³-hybridized carbons (Fsp3) is 0.455. The van der Waals surface area contributed by atoms with Gasteiger partial charge in [-0.15, -0.1) is 17.7 Å². The smallest absolute Gasteiger partial charge is 0.0684 e. The number of hydrogen-bond acceptors (Lipinski definition) is 4. The molecule has 2 aromatic rings. The molecule has 0 atom stereocenters. The molecule has 0 aromatic heterocycles. The molecular weight excluding hydrogens is 498 g/mol. The van der Waals surface area contributed by atoms with Crippen molar-refractivity contribution in [2.45, 2.75) is 26.9 Å². The molecule has 0 N–H and O–H groups in total. The Kier molecular flexibility index (Phi) is 9.13. The monoisotopic (exact) mass is 526 g/mol. The standard InChI is InChI=1S/C22H28N4.2Y/c1-5-25-15-24(4)14-20-11-17(9-10-21(20)25)18-7-8-19-13-23(3)16-26(6-2)22(19)12-18;;/h7-10H,5-6,13-16H2,1-4H3;;/q-2;;. The van der Waals surface area contributed by atoms with Crippen LogP contribution in [0.5, 0.6) is 0 Å². The average molecular weight is 526 g/mol. The Bertz CT molecular complexity index is 811. The summed E-state index contributed by atoms with van der Waals surface area (Å²) < 4.78 is 0.